The minimum atomic E-state index is -0.969. The molecule has 0 aliphatic carbocycles. The monoisotopic (exact) mass is 402 g/mol. The molecule has 8 nitrogen and oxygen atoms in total. The molecule has 3 rings (SSSR count). The Morgan fingerprint density at radius 3 is 2.59 bits per heavy atom. The number of ether oxygens (including phenoxy) is 1. The molecule has 0 amide bonds. The van der Waals surface area contributed by atoms with E-state index >= 15 is 0 Å². The highest BCUT2D eigenvalue weighted by Crippen LogP contribution is 2.27. The van der Waals surface area contributed by atoms with Crippen LogP contribution < -0.4 is 9.64 Å². The molecule has 1 N–H and O–H groups in total. The van der Waals surface area contributed by atoms with Crippen LogP contribution in [0.25, 0.3) is 0 Å². The molecule has 0 spiro atoms. The van der Waals surface area contributed by atoms with E-state index in [0.29, 0.717) is 30.1 Å². The number of carboxylic acid groups (broad SMARTS) is 1. The van der Waals surface area contributed by atoms with Crippen LogP contribution in [0.3, 0.4) is 0 Å². The van der Waals surface area contributed by atoms with Gasteiger partial charge >= 0.3 is 12.0 Å². The zero-order valence-electron chi connectivity index (χ0n) is 17.6. The van der Waals surface area contributed by atoms with E-state index in [1.54, 1.807) is 19.1 Å². The first kappa shape index (κ1) is 21.1. The molecule has 1 fully saturated rings. The molecule has 0 saturated carbocycles. The van der Waals surface area contributed by atoms with Crippen molar-refractivity contribution in [2.75, 3.05) is 24.6 Å². The molecule has 1 aliphatic rings. The lowest BCUT2D eigenvalue weighted by Gasteiger charge is -2.30. The minimum Gasteiger partial charge on any atom is -0.478 e. The molecule has 0 aromatic carbocycles. The van der Waals surface area contributed by atoms with Gasteiger partial charge in [-0.05, 0) is 44.6 Å². The van der Waals surface area contributed by atoms with Crippen LogP contribution in [0.4, 0.5) is 6.01 Å². The minimum absolute atomic E-state index is 0.110. The summed E-state index contributed by atoms with van der Waals surface area (Å²) in [6.07, 6.45) is 4.23. The third-order valence-corrected chi connectivity index (χ3v) is 5.27. The second kappa shape index (κ2) is 8.80. The lowest BCUT2D eigenvalue weighted by Crippen LogP contribution is -2.34. The Morgan fingerprint density at radius 2 is 2.00 bits per heavy atom. The van der Waals surface area contributed by atoms with E-state index in [1.165, 1.54) is 0 Å². The molecule has 1 saturated heterocycles. The van der Waals surface area contributed by atoms with Crippen LogP contribution in [0.5, 0.6) is 5.88 Å². The van der Waals surface area contributed by atoms with E-state index in [0.717, 1.165) is 44.6 Å². The average Bonchev–Trinajstić information content (AvgIpc) is 3.16. The number of hydrogen-bond donors (Lipinski definition) is 1. The zero-order valence-corrected chi connectivity index (χ0v) is 17.6. The van der Waals surface area contributed by atoms with Crippen LogP contribution in [-0.2, 0) is 5.41 Å². The number of aryl methyl sites for hydroxylation is 1. The van der Waals surface area contributed by atoms with Gasteiger partial charge in [0.1, 0.15) is 0 Å². The number of carboxylic acids is 1. The lowest BCUT2D eigenvalue weighted by atomic mass is 9.92. The molecule has 0 radical (unpaired) electrons. The standard InChI is InChI=1S/C21H30N4O4/c1-14-16(18(26)27)7-8-17(22-14)28-13-5-6-15-9-11-25(12-10-15)20-23-19(24-29-20)21(2,3)4/h7-8,15H,5-6,9-13H2,1-4H3,(H,26,27). The number of aromatic carboxylic acids is 1. The van der Waals surface area contributed by atoms with Gasteiger partial charge in [-0.15, -0.1) is 0 Å². The number of hydrogen-bond acceptors (Lipinski definition) is 7. The van der Waals surface area contributed by atoms with Crippen LogP contribution in [-0.4, -0.2) is 45.9 Å². The van der Waals surface area contributed by atoms with Crippen molar-refractivity contribution in [3.8, 4) is 5.88 Å². The fourth-order valence-corrected chi connectivity index (χ4v) is 3.45. The second-order valence-electron chi connectivity index (χ2n) is 8.66. The van der Waals surface area contributed by atoms with Gasteiger partial charge in [0, 0.05) is 24.6 Å². The van der Waals surface area contributed by atoms with Gasteiger partial charge < -0.3 is 19.3 Å². The number of aromatic nitrogens is 3. The maximum Gasteiger partial charge on any atom is 0.337 e. The highest BCUT2D eigenvalue weighted by atomic mass is 16.5. The Morgan fingerprint density at radius 1 is 1.28 bits per heavy atom. The fraction of sp³-hybridized carbons (Fsp3) is 0.619. The molecule has 0 bridgehead atoms. The number of rotatable bonds is 7. The average molecular weight is 402 g/mol. The number of piperidine rings is 1. The molecule has 29 heavy (non-hydrogen) atoms. The zero-order chi connectivity index (χ0) is 21.0. The predicted molar refractivity (Wildman–Crippen MR) is 109 cm³/mol. The van der Waals surface area contributed by atoms with Gasteiger partial charge in [0.25, 0.3) is 0 Å². The van der Waals surface area contributed by atoms with Crippen molar-refractivity contribution in [3.05, 3.63) is 29.2 Å². The van der Waals surface area contributed by atoms with Gasteiger partial charge in [-0.25, -0.2) is 9.78 Å². The summed E-state index contributed by atoms with van der Waals surface area (Å²) in [6.45, 7) is 10.3. The molecule has 3 heterocycles. The van der Waals surface area contributed by atoms with Crippen molar-refractivity contribution >= 4 is 12.0 Å². The van der Waals surface area contributed by atoms with Gasteiger partial charge in [-0.3, -0.25) is 0 Å². The van der Waals surface area contributed by atoms with Gasteiger partial charge in [0.05, 0.1) is 17.9 Å². The van der Waals surface area contributed by atoms with Crippen LogP contribution >= 0.6 is 0 Å². The second-order valence-corrected chi connectivity index (χ2v) is 8.66. The van der Waals surface area contributed by atoms with Crippen LogP contribution in [0, 0.1) is 12.8 Å². The van der Waals surface area contributed by atoms with Gasteiger partial charge in [0.15, 0.2) is 5.82 Å². The lowest BCUT2D eigenvalue weighted by molar-refractivity contribution is 0.0695. The van der Waals surface area contributed by atoms with E-state index in [9.17, 15) is 4.79 Å². The number of anilines is 1. The molecule has 2 aromatic rings. The molecular formula is C21H30N4O4. The van der Waals surface area contributed by atoms with Gasteiger partial charge in [-0.2, -0.15) is 4.98 Å². The Balaban J connectivity index is 1.39. The summed E-state index contributed by atoms with van der Waals surface area (Å²) in [7, 11) is 0. The Labute approximate surface area is 171 Å². The highest BCUT2D eigenvalue weighted by Gasteiger charge is 2.26. The first-order chi connectivity index (χ1) is 13.7. The number of carbonyl (C=O) groups is 1. The molecule has 0 unspecified atom stereocenters. The summed E-state index contributed by atoms with van der Waals surface area (Å²) in [5, 5.41) is 13.2. The summed E-state index contributed by atoms with van der Waals surface area (Å²) >= 11 is 0. The quantitative estimate of drug-likeness (QED) is 0.697. The first-order valence-corrected chi connectivity index (χ1v) is 10.2. The molecule has 8 heteroatoms. The van der Waals surface area contributed by atoms with Crippen LogP contribution in [0.15, 0.2) is 16.7 Å². The maximum atomic E-state index is 11.0. The number of pyridine rings is 1. The van der Waals surface area contributed by atoms with Crippen molar-refractivity contribution in [1.82, 2.24) is 15.1 Å². The summed E-state index contributed by atoms with van der Waals surface area (Å²) in [4.78, 5) is 22.0. The smallest absolute Gasteiger partial charge is 0.337 e. The van der Waals surface area contributed by atoms with Gasteiger partial charge in [-0.1, -0.05) is 25.9 Å². The topological polar surface area (TPSA) is 102 Å². The summed E-state index contributed by atoms with van der Waals surface area (Å²) in [5.41, 5.74) is 0.569. The summed E-state index contributed by atoms with van der Waals surface area (Å²) in [5.74, 6) is 0.910. The van der Waals surface area contributed by atoms with E-state index in [-0.39, 0.29) is 11.0 Å². The normalized spacial score (nSPS) is 15.5. The Bertz CT molecular complexity index is 835. The molecule has 2 aromatic heterocycles. The van der Waals surface area contributed by atoms with E-state index in [1.807, 2.05) is 0 Å². The summed E-state index contributed by atoms with van der Waals surface area (Å²) in [6, 6.07) is 3.78. The first-order valence-electron chi connectivity index (χ1n) is 10.2. The van der Waals surface area contributed by atoms with E-state index in [2.05, 4.69) is 40.8 Å². The van der Waals surface area contributed by atoms with Crippen LogP contribution in [0.1, 0.15) is 68.3 Å². The highest BCUT2D eigenvalue weighted by molar-refractivity contribution is 5.88. The van der Waals surface area contributed by atoms with Crippen molar-refractivity contribution in [2.24, 2.45) is 5.92 Å². The third kappa shape index (κ3) is 5.46. The Kier molecular flexibility index (Phi) is 6.39. The van der Waals surface area contributed by atoms with Crippen molar-refractivity contribution in [1.29, 1.82) is 0 Å². The van der Waals surface area contributed by atoms with Crippen molar-refractivity contribution < 1.29 is 19.2 Å². The third-order valence-electron chi connectivity index (χ3n) is 5.27. The Hall–Kier alpha value is -2.64. The maximum absolute atomic E-state index is 11.0. The fourth-order valence-electron chi connectivity index (χ4n) is 3.45. The largest absolute Gasteiger partial charge is 0.478 e. The number of nitrogens with zero attached hydrogens (tertiary/aromatic N) is 4. The SMILES string of the molecule is Cc1nc(OCCCC2CCN(c3nc(C(C)(C)C)no3)CC2)ccc1C(=O)O. The van der Waals surface area contributed by atoms with E-state index in [4.69, 9.17) is 14.4 Å². The van der Waals surface area contributed by atoms with Gasteiger partial charge in [0.2, 0.25) is 5.88 Å². The molecule has 0 atom stereocenters. The van der Waals surface area contributed by atoms with Crippen molar-refractivity contribution in [2.45, 2.75) is 58.8 Å². The molecule has 158 valence electrons. The molecular weight excluding hydrogens is 372 g/mol. The van der Waals surface area contributed by atoms with Crippen LogP contribution in [0.2, 0.25) is 0 Å². The van der Waals surface area contributed by atoms with E-state index < -0.39 is 5.97 Å². The summed E-state index contributed by atoms with van der Waals surface area (Å²) < 4.78 is 11.1. The van der Waals surface area contributed by atoms with Crippen molar-refractivity contribution in [3.63, 3.8) is 0 Å². The predicted octanol–water partition coefficient (Wildman–Crippen LogP) is 3.84. The molecule has 1 aliphatic heterocycles.